The van der Waals surface area contributed by atoms with Crippen molar-refractivity contribution in [3.8, 4) is 0 Å². The summed E-state index contributed by atoms with van der Waals surface area (Å²) in [6, 6.07) is 4.40. The van der Waals surface area contributed by atoms with Crippen molar-refractivity contribution in [1.82, 2.24) is 4.90 Å². The minimum atomic E-state index is -0.309. The molecule has 0 aliphatic carbocycles. The SMILES string of the molecule is Cc1cc(F)ccc1C(=O)N1CCC(C)CC1CN.Cl. The number of rotatable bonds is 2. The molecule has 0 bridgehead atoms. The van der Waals surface area contributed by atoms with E-state index in [-0.39, 0.29) is 30.2 Å². The van der Waals surface area contributed by atoms with Crippen LogP contribution in [0.2, 0.25) is 0 Å². The molecule has 1 heterocycles. The Morgan fingerprint density at radius 1 is 1.50 bits per heavy atom. The number of aryl methyl sites for hydroxylation is 1. The van der Waals surface area contributed by atoms with Gasteiger partial charge in [-0.1, -0.05) is 6.92 Å². The number of carbonyl (C=O) groups excluding carboxylic acids is 1. The van der Waals surface area contributed by atoms with Crippen molar-refractivity contribution < 1.29 is 9.18 Å². The van der Waals surface area contributed by atoms with Gasteiger partial charge in [-0.25, -0.2) is 4.39 Å². The lowest BCUT2D eigenvalue weighted by Gasteiger charge is -2.38. The van der Waals surface area contributed by atoms with E-state index in [0.717, 1.165) is 19.4 Å². The van der Waals surface area contributed by atoms with Crippen LogP contribution in [-0.2, 0) is 0 Å². The first kappa shape index (κ1) is 16.9. The van der Waals surface area contributed by atoms with Crippen LogP contribution in [0.3, 0.4) is 0 Å². The molecule has 0 spiro atoms. The summed E-state index contributed by atoms with van der Waals surface area (Å²) in [6.07, 6.45) is 1.95. The molecule has 20 heavy (non-hydrogen) atoms. The highest BCUT2D eigenvalue weighted by molar-refractivity contribution is 5.95. The molecule has 1 saturated heterocycles. The Hall–Kier alpha value is -1.13. The van der Waals surface area contributed by atoms with E-state index in [2.05, 4.69) is 6.92 Å². The van der Waals surface area contributed by atoms with Gasteiger partial charge in [0.25, 0.3) is 5.91 Å². The molecule has 1 aliphatic heterocycles. The van der Waals surface area contributed by atoms with Gasteiger partial charge in [-0.05, 0) is 49.4 Å². The van der Waals surface area contributed by atoms with E-state index in [1.54, 1.807) is 13.0 Å². The summed E-state index contributed by atoms with van der Waals surface area (Å²) in [5.74, 6) is 0.267. The molecule has 1 amide bonds. The lowest BCUT2D eigenvalue weighted by atomic mass is 9.91. The van der Waals surface area contributed by atoms with Gasteiger partial charge in [0, 0.05) is 24.7 Å². The van der Waals surface area contributed by atoms with Crippen LogP contribution >= 0.6 is 12.4 Å². The highest BCUT2D eigenvalue weighted by atomic mass is 35.5. The van der Waals surface area contributed by atoms with Crippen LogP contribution in [0.4, 0.5) is 4.39 Å². The maximum absolute atomic E-state index is 13.1. The first-order valence-electron chi connectivity index (χ1n) is 6.80. The van der Waals surface area contributed by atoms with E-state index in [4.69, 9.17) is 5.73 Å². The molecule has 2 rings (SSSR count). The van der Waals surface area contributed by atoms with Gasteiger partial charge in [0.05, 0.1) is 0 Å². The van der Waals surface area contributed by atoms with Gasteiger partial charge in [0.15, 0.2) is 0 Å². The fourth-order valence-electron chi connectivity index (χ4n) is 2.76. The number of hydrogen-bond donors (Lipinski definition) is 1. The number of likely N-dealkylation sites (tertiary alicyclic amines) is 1. The Labute approximate surface area is 125 Å². The van der Waals surface area contributed by atoms with Crippen LogP contribution in [0, 0.1) is 18.7 Å². The van der Waals surface area contributed by atoms with Crippen molar-refractivity contribution >= 4 is 18.3 Å². The molecule has 1 aromatic rings. The minimum absolute atomic E-state index is 0. The average molecular weight is 301 g/mol. The summed E-state index contributed by atoms with van der Waals surface area (Å²) in [5.41, 5.74) is 7.04. The molecular formula is C15H22ClFN2O. The highest BCUT2D eigenvalue weighted by Crippen LogP contribution is 2.24. The van der Waals surface area contributed by atoms with Gasteiger partial charge in [0.2, 0.25) is 0 Å². The number of nitrogens with zero attached hydrogens (tertiary/aromatic N) is 1. The fourth-order valence-corrected chi connectivity index (χ4v) is 2.76. The molecule has 2 unspecified atom stereocenters. The highest BCUT2D eigenvalue weighted by Gasteiger charge is 2.30. The largest absolute Gasteiger partial charge is 0.334 e. The van der Waals surface area contributed by atoms with Crippen LogP contribution < -0.4 is 5.73 Å². The summed E-state index contributed by atoms with van der Waals surface area (Å²) >= 11 is 0. The zero-order chi connectivity index (χ0) is 14.0. The predicted molar refractivity (Wildman–Crippen MR) is 80.7 cm³/mol. The van der Waals surface area contributed by atoms with E-state index in [1.807, 2.05) is 4.90 Å². The van der Waals surface area contributed by atoms with Crippen LogP contribution in [0.5, 0.6) is 0 Å². The Balaban J connectivity index is 0.00000200. The number of carbonyl (C=O) groups is 1. The van der Waals surface area contributed by atoms with Gasteiger partial charge in [-0.2, -0.15) is 0 Å². The van der Waals surface area contributed by atoms with E-state index in [9.17, 15) is 9.18 Å². The Morgan fingerprint density at radius 2 is 2.20 bits per heavy atom. The summed E-state index contributed by atoms with van der Waals surface area (Å²) in [6.45, 7) is 5.17. The zero-order valence-electron chi connectivity index (χ0n) is 11.9. The van der Waals surface area contributed by atoms with Crippen molar-refractivity contribution in [2.75, 3.05) is 13.1 Å². The van der Waals surface area contributed by atoms with Crippen molar-refractivity contribution in [1.29, 1.82) is 0 Å². The molecule has 5 heteroatoms. The molecule has 3 nitrogen and oxygen atoms in total. The Kier molecular flexibility index (Phi) is 5.96. The van der Waals surface area contributed by atoms with Gasteiger partial charge in [-0.15, -0.1) is 12.4 Å². The second-order valence-corrected chi connectivity index (χ2v) is 5.48. The number of piperidine rings is 1. The Bertz CT molecular complexity index is 481. The van der Waals surface area contributed by atoms with Gasteiger partial charge >= 0.3 is 0 Å². The van der Waals surface area contributed by atoms with E-state index in [1.165, 1.54) is 12.1 Å². The number of benzene rings is 1. The quantitative estimate of drug-likeness (QED) is 0.913. The normalized spacial score (nSPS) is 22.3. The molecule has 0 saturated carbocycles. The summed E-state index contributed by atoms with van der Waals surface area (Å²) in [4.78, 5) is 14.4. The third-order valence-electron chi connectivity index (χ3n) is 3.93. The van der Waals surface area contributed by atoms with E-state index >= 15 is 0 Å². The second kappa shape index (κ2) is 7.04. The third-order valence-corrected chi connectivity index (χ3v) is 3.93. The molecule has 1 aromatic carbocycles. The number of hydrogen-bond acceptors (Lipinski definition) is 2. The first-order chi connectivity index (χ1) is 9.02. The molecule has 112 valence electrons. The first-order valence-corrected chi connectivity index (χ1v) is 6.80. The van der Waals surface area contributed by atoms with Crippen molar-refractivity contribution in [3.05, 3.63) is 35.1 Å². The van der Waals surface area contributed by atoms with Crippen molar-refractivity contribution in [3.63, 3.8) is 0 Å². The molecule has 1 aliphatic rings. The van der Waals surface area contributed by atoms with Crippen LogP contribution in [-0.4, -0.2) is 29.9 Å². The van der Waals surface area contributed by atoms with Crippen LogP contribution in [0.15, 0.2) is 18.2 Å². The predicted octanol–water partition coefficient (Wildman–Crippen LogP) is 2.76. The third kappa shape index (κ3) is 3.49. The molecule has 1 fully saturated rings. The topological polar surface area (TPSA) is 46.3 Å². The van der Waals surface area contributed by atoms with Crippen molar-refractivity contribution in [2.45, 2.75) is 32.7 Å². The molecule has 0 aromatic heterocycles. The average Bonchev–Trinajstić information content (AvgIpc) is 2.37. The molecule has 2 atom stereocenters. The number of halogens is 2. The maximum atomic E-state index is 13.1. The summed E-state index contributed by atoms with van der Waals surface area (Å²) in [5, 5.41) is 0. The number of nitrogens with two attached hydrogens (primary N) is 1. The van der Waals surface area contributed by atoms with E-state index < -0.39 is 0 Å². The standard InChI is InChI=1S/C15H21FN2O.ClH/c1-10-5-6-18(13(7-10)9-17)15(19)14-4-3-12(16)8-11(14)2;/h3-4,8,10,13H,5-7,9,17H2,1-2H3;1H. The second-order valence-electron chi connectivity index (χ2n) is 5.48. The lowest BCUT2D eigenvalue weighted by Crippen LogP contribution is -2.49. The molecule has 2 N–H and O–H groups in total. The number of amides is 1. The molecule has 0 radical (unpaired) electrons. The van der Waals surface area contributed by atoms with Gasteiger partial charge in [0.1, 0.15) is 5.82 Å². The zero-order valence-corrected chi connectivity index (χ0v) is 12.8. The van der Waals surface area contributed by atoms with Crippen LogP contribution in [0.1, 0.15) is 35.7 Å². The summed E-state index contributed by atoms with van der Waals surface area (Å²) in [7, 11) is 0. The summed E-state index contributed by atoms with van der Waals surface area (Å²) < 4.78 is 13.1. The molecular weight excluding hydrogens is 279 g/mol. The van der Waals surface area contributed by atoms with E-state index in [0.29, 0.717) is 23.6 Å². The van der Waals surface area contributed by atoms with Gasteiger partial charge in [-0.3, -0.25) is 4.79 Å². The monoisotopic (exact) mass is 300 g/mol. The minimum Gasteiger partial charge on any atom is -0.334 e. The maximum Gasteiger partial charge on any atom is 0.254 e. The fraction of sp³-hybridized carbons (Fsp3) is 0.533. The smallest absolute Gasteiger partial charge is 0.254 e. The lowest BCUT2D eigenvalue weighted by molar-refractivity contribution is 0.0573. The van der Waals surface area contributed by atoms with Crippen LogP contribution in [0.25, 0.3) is 0 Å². The Morgan fingerprint density at radius 3 is 2.80 bits per heavy atom. The van der Waals surface area contributed by atoms with Crippen molar-refractivity contribution in [2.24, 2.45) is 11.7 Å². The van der Waals surface area contributed by atoms with Gasteiger partial charge < -0.3 is 10.6 Å².